The molecule has 18 rings (SSSR count). The second-order valence-corrected chi connectivity index (χ2v) is 23.2. The highest BCUT2D eigenvalue weighted by atomic mass is 15.1. The summed E-state index contributed by atoms with van der Waals surface area (Å²) in [6.45, 7) is 0. The van der Waals surface area contributed by atoms with Gasteiger partial charge in [0, 0.05) is 93.7 Å². The Hall–Kier alpha value is -13.0. The first-order chi connectivity index (χ1) is 45.6. The van der Waals surface area contributed by atoms with Crippen LogP contribution in [0.25, 0.3) is 166 Å². The molecule has 0 aliphatic carbocycles. The van der Waals surface area contributed by atoms with E-state index in [1.165, 1.54) is 21.5 Å². The predicted octanol–water partition coefficient (Wildman–Crippen LogP) is 20.3. The molecule has 426 valence electrons. The molecule has 0 bridgehead atoms. The van der Waals surface area contributed by atoms with E-state index in [9.17, 15) is 10.5 Å². The Bertz CT molecular complexity index is 5800. The van der Waals surface area contributed by atoms with E-state index in [1.54, 1.807) is 0 Å². The van der Waals surface area contributed by atoms with Gasteiger partial charge in [-0.15, -0.1) is 0 Å². The molecule has 92 heavy (non-hydrogen) atoms. The van der Waals surface area contributed by atoms with Crippen LogP contribution in [-0.2, 0) is 0 Å². The van der Waals surface area contributed by atoms with E-state index in [0.29, 0.717) is 39.7 Å². The number of nitrogens with zero attached hydrogens (tertiary/aromatic N) is 9. The van der Waals surface area contributed by atoms with Crippen LogP contribution < -0.4 is 0 Å². The molecule has 0 N–H and O–H groups in total. The molecule has 0 aliphatic heterocycles. The normalized spacial score (nSPS) is 11.7. The molecular weight excluding hydrogens is 1120 g/mol. The minimum absolute atomic E-state index is 0.406. The van der Waals surface area contributed by atoms with Gasteiger partial charge in [0.25, 0.3) is 0 Å². The van der Waals surface area contributed by atoms with E-state index in [4.69, 9.17) is 15.0 Å². The van der Waals surface area contributed by atoms with Gasteiger partial charge < -0.3 is 18.3 Å². The maximum absolute atomic E-state index is 10.9. The molecule has 0 aliphatic rings. The van der Waals surface area contributed by atoms with Crippen LogP contribution in [0.1, 0.15) is 11.1 Å². The van der Waals surface area contributed by atoms with Crippen LogP contribution in [0.3, 0.4) is 0 Å². The van der Waals surface area contributed by atoms with Gasteiger partial charge >= 0.3 is 0 Å². The van der Waals surface area contributed by atoms with Crippen LogP contribution in [0, 0.1) is 22.7 Å². The third-order valence-corrected chi connectivity index (χ3v) is 18.3. The summed E-state index contributed by atoms with van der Waals surface area (Å²) in [6.07, 6.45) is 0. The number of nitriles is 2. The summed E-state index contributed by atoms with van der Waals surface area (Å²) in [4.78, 5) is 16.7. The van der Waals surface area contributed by atoms with Crippen LogP contribution >= 0.6 is 0 Å². The Balaban J connectivity index is 0.918. The maximum atomic E-state index is 10.9. The summed E-state index contributed by atoms with van der Waals surface area (Å²) in [7, 11) is 0. The van der Waals surface area contributed by atoms with E-state index in [-0.39, 0.29) is 0 Å². The van der Waals surface area contributed by atoms with Crippen molar-refractivity contribution in [3.63, 3.8) is 0 Å². The smallest absolute Gasteiger partial charge is 0.164 e. The summed E-state index contributed by atoms with van der Waals surface area (Å²) >= 11 is 0. The second-order valence-electron chi connectivity index (χ2n) is 23.2. The number of para-hydroxylation sites is 6. The quantitative estimate of drug-likeness (QED) is 0.143. The molecule has 5 aromatic heterocycles. The minimum atomic E-state index is 0.406. The van der Waals surface area contributed by atoms with Gasteiger partial charge in [0.2, 0.25) is 0 Å². The van der Waals surface area contributed by atoms with Crippen molar-refractivity contribution in [2.24, 2.45) is 0 Å². The summed E-state index contributed by atoms with van der Waals surface area (Å²) < 4.78 is 9.50. The first kappa shape index (κ1) is 52.2. The molecular formula is C83H49N9. The Morgan fingerprint density at radius 1 is 0.239 bits per heavy atom. The maximum Gasteiger partial charge on any atom is 0.164 e. The van der Waals surface area contributed by atoms with E-state index in [2.05, 4.69) is 249 Å². The lowest BCUT2D eigenvalue weighted by Crippen LogP contribution is -2.04. The van der Waals surface area contributed by atoms with Crippen molar-refractivity contribution in [2.45, 2.75) is 0 Å². The monoisotopic (exact) mass is 1170 g/mol. The number of hydrogen-bond donors (Lipinski definition) is 0. The SMILES string of the molecule is N#Cc1ccccc1-c1ccc(-n2c3ccccc3c3c2ccc2c4ccccc4n(-c4ccccc4)c23)cc1-c1nc(-c2ccccc2)nc(-c2cc(-n3c4ccccc4c4c3ccc3c5ccccc5n(-c5ccccc5)c34)ccc2-c2ccccc2C#N)n1. The van der Waals surface area contributed by atoms with Crippen molar-refractivity contribution >= 4 is 87.2 Å². The molecule has 0 saturated carbocycles. The molecule has 0 amide bonds. The van der Waals surface area contributed by atoms with Crippen molar-refractivity contribution in [1.82, 2.24) is 33.2 Å². The van der Waals surface area contributed by atoms with Crippen molar-refractivity contribution < 1.29 is 0 Å². The van der Waals surface area contributed by atoms with Gasteiger partial charge in [0.15, 0.2) is 17.5 Å². The molecule has 0 spiro atoms. The molecule has 9 heteroatoms. The minimum Gasteiger partial charge on any atom is -0.309 e. The zero-order valence-corrected chi connectivity index (χ0v) is 49.3. The van der Waals surface area contributed by atoms with Crippen molar-refractivity contribution in [3.05, 3.63) is 308 Å². The van der Waals surface area contributed by atoms with Gasteiger partial charge in [0.1, 0.15) is 0 Å². The number of rotatable bonds is 9. The van der Waals surface area contributed by atoms with Gasteiger partial charge in [-0.3, -0.25) is 0 Å². The second kappa shape index (κ2) is 20.9. The number of hydrogen-bond acceptors (Lipinski definition) is 5. The van der Waals surface area contributed by atoms with E-state index < -0.39 is 0 Å². The molecule has 18 aromatic rings. The molecule has 0 saturated heterocycles. The molecule has 0 unspecified atom stereocenters. The van der Waals surface area contributed by atoms with E-state index >= 15 is 0 Å². The van der Waals surface area contributed by atoms with Gasteiger partial charge in [-0.1, -0.05) is 200 Å². The highest BCUT2D eigenvalue weighted by Gasteiger charge is 2.27. The van der Waals surface area contributed by atoms with Gasteiger partial charge in [-0.25, -0.2) is 15.0 Å². The summed E-state index contributed by atoms with van der Waals surface area (Å²) in [6, 6.07) is 108. The predicted molar refractivity (Wildman–Crippen MR) is 374 cm³/mol. The van der Waals surface area contributed by atoms with E-state index in [1.807, 2.05) is 78.9 Å². The van der Waals surface area contributed by atoms with Crippen LogP contribution in [0.5, 0.6) is 0 Å². The number of aromatic nitrogens is 7. The first-order valence-corrected chi connectivity index (χ1v) is 30.7. The molecule has 13 aromatic carbocycles. The Kier molecular flexibility index (Phi) is 11.8. The van der Waals surface area contributed by atoms with Gasteiger partial charge in [-0.05, 0) is 108 Å². The number of benzene rings is 13. The molecule has 5 heterocycles. The first-order valence-electron chi connectivity index (χ1n) is 30.7. The molecule has 9 nitrogen and oxygen atoms in total. The average molecular weight is 1170 g/mol. The topological polar surface area (TPSA) is 106 Å². The van der Waals surface area contributed by atoms with Crippen LogP contribution in [-0.4, -0.2) is 33.2 Å². The zero-order valence-electron chi connectivity index (χ0n) is 49.3. The Labute approximate surface area is 527 Å². The molecule has 0 atom stereocenters. The Morgan fingerprint density at radius 3 is 1.03 bits per heavy atom. The summed E-state index contributed by atoms with van der Waals surface area (Å²) in [5, 5.41) is 30.9. The Morgan fingerprint density at radius 2 is 0.598 bits per heavy atom. The van der Waals surface area contributed by atoms with Crippen molar-refractivity contribution in [1.29, 1.82) is 10.5 Å². The van der Waals surface area contributed by atoms with Crippen LogP contribution in [0.2, 0.25) is 0 Å². The third kappa shape index (κ3) is 7.93. The lowest BCUT2D eigenvalue weighted by atomic mass is 9.94. The third-order valence-electron chi connectivity index (χ3n) is 18.3. The largest absolute Gasteiger partial charge is 0.309 e. The fourth-order valence-electron chi connectivity index (χ4n) is 14.4. The number of fused-ring (bicyclic) bond motifs is 14. The lowest BCUT2D eigenvalue weighted by Gasteiger charge is -2.18. The van der Waals surface area contributed by atoms with Gasteiger partial charge in [-0.2, -0.15) is 10.5 Å². The van der Waals surface area contributed by atoms with Crippen molar-refractivity contribution in [2.75, 3.05) is 0 Å². The summed E-state index contributed by atoms with van der Waals surface area (Å²) in [5.74, 6) is 1.27. The summed E-state index contributed by atoms with van der Waals surface area (Å²) in [5.41, 5.74) is 18.8. The fourth-order valence-corrected chi connectivity index (χ4v) is 14.4. The highest BCUT2D eigenvalue weighted by molar-refractivity contribution is 6.27. The molecule has 0 fully saturated rings. The fraction of sp³-hybridized carbons (Fsp3) is 0. The van der Waals surface area contributed by atoms with E-state index in [0.717, 1.165) is 116 Å². The molecule has 0 radical (unpaired) electrons. The van der Waals surface area contributed by atoms with Crippen molar-refractivity contribution in [3.8, 4) is 91.3 Å². The standard InChI is InChI=1S/C83H49N9/c84-50-53-24-10-12-30-59(53)61-42-40-57(89-73-38-20-16-34-67(73)77-75(89)46-44-65-63-32-14-18-36-71(63)91(79(65)77)55-26-6-2-7-27-55)48-69(61)82-86-81(52-22-4-1-5-23-52)87-83(88-82)70-49-58(41-43-62(70)60-31-13-11-25-54(60)51-85)90-74-39-21-17-35-68(74)78-76(90)47-45-66-64-33-15-19-37-72(64)92(80(66)78)56-28-8-3-9-29-56/h1-49H. The highest BCUT2D eigenvalue weighted by Crippen LogP contribution is 2.47. The zero-order chi connectivity index (χ0) is 61.0. The average Bonchev–Trinajstić information content (AvgIpc) is 1.55. The van der Waals surface area contributed by atoms with Gasteiger partial charge in [0.05, 0.1) is 67.4 Å². The van der Waals surface area contributed by atoms with Crippen LogP contribution in [0.15, 0.2) is 297 Å². The van der Waals surface area contributed by atoms with Crippen LogP contribution in [0.4, 0.5) is 0 Å². The lowest BCUT2D eigenvalue weighted by molar-refractivity contribution is 1.07.